The van der Waals surface area contributed by atoms with Gasteiger partial charge in [-0.2, -0.15) is 0 Å². The summed E-state index contributed by atoms with van der Waals surface area (Å²) in [5.41, 5.74) is -0.0882. The molecular formula is C23H42N4O2. The largest absolute Gasteiger partial charge is 0.337 e. The zero-order valence-corrected chi connectivity index (χ0v) is 19.8. The van der Waals surface area contributed by atoms with Crippen molar-refractivity contribution in [2.75, 3.05) is 13.1 Å². The van der Waals surface area contributed by atoms with Crippen LogP contribution in [0, 0.1) is 0 Å². The summed E-state index contributed by atoms with van der Waals surface area (Å²) in [5.74, 6) is 0.00640. The van der Waals surface area contributed by atoms with Gasteiger partial charge in [-0.25, -0.2) is 0 Å². The van der Waals surface area contributed by atoms with Crippen LogP contribution in [-0.2, 0) is 9.59 Å². The number of hydrogen-bond acceptors (Lipinski definition) is 4. The van der Waals surface area contributed by atoms with Crippen LogP contribution in [0.3, 0.4) is 0 Å². The average Bonchev–Trinajstić information content (AvgIpc) is 2.58. The molecule has 3 saturated heterocycles. The first-order valence-corrected chi connectivity index (χ1v) is 11.3. The van der Waals surface area contributed by atoms with Crippen molar-refractivity contribution in [2.24, 2.45) is 0 Å². The third kappa shape index (κ3) is 5.32. The maximum absolute atomic E-state index is 13.1. The van der Waals surface area contributed by atoms with Crippen molar-refractivity contribution in [1.29, 1.82) is 0 Å². The highest BCUT2D eigenvalue weighted by Gasteiger charge is 2.45. The molecule has 3 rings (SSSR count). The first-order valence-electron chi connectivity index (χ1n) is 11.3. The summed E-state index contributed by atoms with van der Waals surface area (Å²) in [7, 11) is 0. The van der Waals surface area contributed by atoms with Gasteiger partial charge in [-0.1, -0.05) is 0 Å². The zero-order chi connectivity index (χ0) is 21.8. The van der Waals surface area contributed by atoms with E-state index in [1.165, 1.54) is 0 Å². The maximum atomic E-state index is 13.1. The summed E-state index contributed by atoms with van der Waals surface area (Å²) in [4.78, 5) is 30.2. The number of rotatable bonds is 2. The van der Waals surface area contributed by atoms with E-state index in [9.17, 15) is 9.59 Å². The normalized spacial score (nSPS) is 30.3. The van der Waals surface area contributed by atoms with E-state index in [1.54, 1.807) is 0 Å². The van der Waals surface area contributed by atoms with Crippen LogP contribution in [-0.4, -0.2) is 68.9 Å². The summed E-state index contributed by atoms with van der Waals surface area (Å²) >= 11 is 0. The van der Waals surface area contributed by atoms with Crippen LogP contribution in [0.2, 0.25) is 0 Å². The fraction of sp³-hybridized carbons (Fsp3) is 0.913. The van der Waals surface area contributed by atoms with E-state index in [0.717, 1.165) is 25.7 Å². The van der Waals surface area contributed by atoms with Crippen LogP contribution in [0.1, 0.15) is 87.5 Å². The van der Waals surface area contributed by atoms with Crippen molar-refractivity contribution in [3.63, 3.8) is 0 Å². The van der Waals surface area contributed by atoms with E-state index in [-0.39, 0.29) is 52.5 Å². The van der Waals surface area contributed by atoms with Gasteiger partial charge in [-0.05, 0) is 81.1 Å². The summed E-state index contributed by atoms with van der Waals surface area (Å²) in [6.45, 7) is 19.0. The first-order chi connectivity index (χ1) is 13.1. The van der Waals surface area contributed by atoms with Gasteiger partial charge in [0.2, 0.25) is 11.8 Å². The molecule has 0 aromatic heterocycles. The standard InChI is InChI=1S/C23H42N4O2/c1-20(2)12-16(13-21(3,4)24-20)26-9-10-27(19(29)11-18(26)28)17-14-22(5,6)25-23(7,8)15-17/h16-17,24-25H,9-15H2,1-8H3. The van der Waals surface area contributed by atoms with Gasteiger partial charge >= 0.3 is 0 Å². The Morgan fingerprint density at radius 3 is 1.17 bits per heavy atom. The Kier molecular flexibility index (Phi) is 5.62. The Labute approximate surface area is 177 Å². The van der Waals surface area contributed by atoms with E-state index >= 15 is 0 Å². The fourth-order valence-corrected chi connectivity index (χ4v) is 6.55. The molecule has 3 aliphatic rings. The molecule has 0 aliphatic carbocycles. The lowest BCUT2D eigenvalue weighted by molar-refractivity contribution is -0.140. The summed E-state index contributed by atoms with van der Waals surface area (Å²) in [6, 6.07) is 0.366. The lowest BCUT2D eigenvalue weighted by atomic mass is 9.78. The smallest absolute Gasteiger partial charge is 0.232 e. The topological polar surface area (TPSA) is 64.7 Å². The quantitative estimate of drug-likeness (QED) is 0.692. The van der Waals surface area contributed by atoms with Gasteiger partial charge < -0.3 is 20.4 Å². The molecule has 2 amide bonds. The van der Waals surface area contributed by atoms with Gasteiger partial charge in [0.15, 0.2) is 0 Å². The molecular weight excluding hydrogens is 364 g/mol. The molecule has 3 fully saturated rings. The van der Waals surface area contributed by atoms with Crippen LogP contribution in [0.5, 0.6) is 0 Å². The minimum absolute atomic E-state index is 0.00320. The molecule has 0 spiro atoms. The minimum Gasteiger partial charge on any atom is -0.337 e. The Morgan fingerprint density at radius 2 is 0.897 bits per heavy atom. The molecule has 6 heteroatoms. The predicted molar refractivity (Wildman–Crippen MR) is 117 cm³/mol. The molecule has 0 bridgehead atoms. The molecule has 3 heterocycles. The number of carbonyl (C=O) groups excluding carboxylic acids is 2. The summed E-state index contributed by atoms with van der Waals surface area (Å²) in [6.07, 6.45) is 3.69. The van der Waals surface area contributed by atoms with E-state index in [4.69, 9.17) is 0 Å². The lowest BCUT2D eigenvalue weighted by Crippen LogP contribution is -2.63. The van der Waals surface area contributed by atoms with Crippen LogP contribution >= 0.6 is 0 Å². The molecule has 0 aromatic rings. The third-order valence-corrected chi connectivity index (χ3v) is 6.74. The fourth-order valence-electron chi connectivity index (χ4n) is 6.55. The summed E-state index contributed by atoms with van der Waals surface area (Å²) in [5, 5.41) is 7.39. The van der Waals surface area contributed by atoms with Crippen molar-refractivity contribution in [3.8, 4) is 0 Å². The van der Waals surface area contributed by atoms with Crippen LogP contribution in [0.4, 0.5) is 0 Å². The highest BCUT2D eigenvalue weighted by molar-refractivity contribution is 5.98. The highest BCUT2D eigenvalue weighted by Crippen LogP contribution is 2.35. The molecule has 0 saturated carbocycles. The number of piperidine rings is 2. The Balaban J connectivity index is 1.77. The second-order valence-electron chi connectivity index (χ2n) is 12.3. The van der Waals surface area contributed by atoms with E-state index in [0.29, 0.717) is 13.1 Å². The van der Waals surface area contributed by atoms with Gasteiger partial charge in [-0.15, -0.1) is 0 Å². The third-order valence-electron chi connectivity index (χ3n) is 6.74. The molecule has 0 unspecified atom stereocenters. The van der Waals surface area contributed by atoms with Crippen molar-refractivity contribution in [1.82, 2.24) is 20.4 Å². The number of nitrogens with zero attached hydrogens (tertiary/aromatic N) is 2. The predicted octanol–water partition coefficient (Wildman–Crippen LogP) is 2.67. The van der Waals surface area contributed by atoms with Gasteiger partial charge in [0.05, 0.1) is 0 Å². The zero-order valence-electron chi connectivity index (χ0n) is 19.8. The van der Waals surface area contributed by atoms with Crippen LogP contribution < -0.4 is 10.6 Å². The molecule has 0 atom stereocenters. The highest BCUT2D eigenvalue weighted by atomic mass is 16.2. The van der Waals surface area contributed by atoms with Crippen molar-refractivity contribution in [2.45, 2.75) is 122 Å². The first kappa shape index (κ1) is 22.5. The number of nitrogens with one attached hydrogen (secondary N) is 2. The van der Waals surface area contributed by atoms with Crippen molar-refractivity contribution >= 4 is 11.8 Å². The molecule has 0 aromatic carbocycles. The van der Waals surface area contributed by atoms with Crippen molar-refractivity contribution < 1.29 is 9.59 Å². The van der Waals surface area contributed by atoms with Gasteiger partial charge in [0.25, 0.3) is 0 Å². The second-order valence-corrected chi connectivity index (χ2v) is 12.3. The number of hydrogen-bond donors (Lipinski definition) is 2. The average molecular weight is 407 g/mol. The number of amides is 2. The SMILES string of the molecule is CC1(C)CC(N2CCN(C3CC(C)(C)NC(C)(C)C3)C(=O)CC2=O)CC(C)(C)N1. The summed E-state index contributed by atoms with van der Waals surface area (Å²) < 4.78 is 0. The van der Waals surface area contributed by atoms with Crippen LogP contribution in [0.15, 0.2) is 0 Å². The molecule has 29 heavy (non-hydrogen) atoms. The molecule has 6 nitrogen and oxygen atoms in total. The molecule has 0 radical (unpaired) electrons. The Hall–Kier alpha value is -1.14. The Morgan fingerprint density at radius 1 is 0.621 bits per heavy atom. The second kappa shape index (κ2) is 7.23. The van der Waals surface area contributed by atoms with E-state index in [2.05, 4.69) is 66.0 Å². The maximum Gasteiger partial charge on any atom is 0.232 e. The van der Waals surface area contributed by atoms with Crippen LogP contribution in [0.25, 0.3) is 0 Å². The van der Waals surface area contributed by atoms with Crippen molar-refractivity contribution in [3.05, 3.63) is 0 Å². The minimum atomic E-state index is -0.0220. The monoisotopic (exact) mass is 406 g/mol. The molecule has 166 valence electrons. The van der Waals surface area contributed by atoms with Gasteiger partial charge in [-0.3, -0.25) is 9.59 Å². The van der Waals surface area contributed by atoms with Gasteiger partial charge in [0, 0.05) is 47.3 Å². The van der Waals surface area contributed by atoms with E-state index < -0.39 is 0 Å². The molecule has 3 aliphatic heterocycles. The van der Waals surface area contributed by atoms with Gasteiger partial charge in [0.1, 0.15) is 6.42 Å². The lowest BCUT2D eigenvalue weighted by Gasteiger charge is -2.50. The van der Waals surface area contributed by atoms with E-state index in [1.807, 2.05) is 9.80 Å². The number of carbonyl (C=O) groups is 2. The Bertz CT molecular complexity index is 580. The molecule has 2 N–H and O–H groups in total.